The summed E-state index contributed by atoms with van der Waals surface area (Å²) >= 11 is 0. The van der Waals surface area contributed by atoms with Crippen LogP contribution in [0.3, 0.4) is 0 Å². The van der Waals surface area contributed by atoms with E-state index in [1.807, 2.05) is 54.9 Å². The smallest absolute Gasteiger partial charge is 0.159 e. The van der Waals surface area contributed by atoms with E-state index in [4.69, 9.17) is 15.0 Å². The Morgan fingerprint density at radius 2 is 0.759 bits per heavy atom. The second-order valence-electron chi connectivity index (χ2n) is 13.7. The van der Waals surface area contributed by atoms with Gasteiger partial charge >= 0.3 is 0 Å². The van der Waals surface area contributed by atoms with E-state index in [0.717, 1.165) is 66.9 Å². The minimum atomic E-state index is 0.711. The number of benzene rings is 7. The van der Waals surface area contributed by atoms with Crippen LogP contribution in [0.5, 0.6) is 0 Å². The number of fused-ring (bicyclic) bond motifs is 7. The molecule has 0 fully saturated rings. The molecule has 7 aromatic carbocycles. The van der Waals surface area contributed by atoms with Gasteiger partial charge in [0.25, 0.3) is 0 Å². The second-order valence-corrected chi connectivity index (χ2v) is 13.7. The van der Waals surface area contributed by atoms with Crippen LogP contribution in [0.1, 0.15) is 0 Å². The second kappa shape index (κ2) is 12.1. The van der Waals surface area contributed by atoms with Gasteiger partial charge < -0.3 is 9.13 Å². The van der Waals surface area contributed by atoms with E-state index in [2.05, 4.69) is 143 Å². The molecular weight excluding hydrogens is 659 g/mol. The molecule has 4 heterocycles. The summed E-state index contributed by atoms with van der Waals surface area (Å²) in [6.07, 6.45) is 3.87. The van der Waals surface area contributed by atoms with Gasteiger partial charge in [-0.2, -0.15) is 0 Å². The zero-order chi connectivity index (χ0) is 35.6. The Morgan fingerprint density at radius 3 is 1.28 bits per heavy atom. The van der Waals surface area contributed by atoms with Crippen molar-refractivity contribution in [1.82, 2.24) is 24.1 Å². The molecule has 0 saturated heterocycles. The van der Waals surface area contributed by atoms with E-state index in [1.165, 1.54) is 26.9 Å². The summed E-state index contributed by atoms with van der Waals surface area (Å²) in [7, 11) is 0. The number of para-hydroxylation sites is 2. The van der Waals surface area contributed by atoms with Crippen LogP contribution in [-0.4, -0.2) is 24.1 Å². The Labute approximate surface area is 311 Å². The number of nitrogens with zero attached hydrogens (tertiary/aromatic N) is 5. The highest BCUT2D eigenvalue weighted by molar-refractivity contribution is 6.18. The Bertz CT molecular complexity index is 3120. The van der Waals surface area contributed by atoms with Crippen LogP contribution >= 0.6 is 0 Å². The third-order valence-electron chi connectivity index (χ3n) is 10.6. The molecule has 5 heteroatoms. The molecule has 0 aliphatic rings. The van der Waals surface area contributed by atoms with Crippen LogP contribution in [0.4, 0.5) is 0 Å². The predicted molar refractivity (Wildman–Crippen MR) is 222 cm³/mol. The third-order valence-corrected chi connectivity index (χ3v) is 10.6. The molecule has 0 aliphatic carbocycles. The number of aromatic nitrogens is 5. The van der Waals surface area contributed by atoms with Gasteiger partial charge in [0.2, 0.25) is 0 Å². The van der Waals surface area contributed by atoms with Gasteiger partial charge in [-0.1, -0.05) is 127 Å². The normalized spacial score (nSPS) is 11.7. The van der Waals surface area contributed by atoms with Crippen LogP contribution in [-0.2, 0) is 0 Å². The van der Waals surface area contributed by atoms with Crippen LogP contribution in [0.2, 0.25) is 0 Å². The zero-order valence-corrected chi connectivity index (χ0v) is 29.1. The van der Waals surface area contributed by atoms with Crippen molar-refractivity contribution in [3.63, 3.8) is 0 Å². The molecule has 0 atom stereocenters. The summed E-state index contributed by atoms with van der Waals surface area (Å²) in [6, 6.07) is 62.2. The monoisotopic (exact) mass is 689 g/mol. The van der Waals surface area contributed by atoms with E-state index in [0.29, 0.717) is 5.82 Å². The summed E-state index contributed by atoms with van der Waals surface area (Å²) in [4.78, 5) is 14.8. The van der Waals surface area contributed by atoms with Crippen molar-refractivity contribution in [3.8, 4) is 45.3 Å². The van der Waals surface area contributed by atoms with Crippen molar-refractivity contribution in [3.05, 3.63) is 188 Å². The molecule has 11 aromatic rings. The largest absolute Gasteiger partial charge is 0.309 e. The molecule has 0 unspecified atom stereocenters. The number of pyridine rings is 1. The Kier molecular flexibility index (Phi) is 6.79. The maximum atomic E-state index is 5.18. The number of hydrogen-bond acceptors (Lipinski definition) is 3. The van der Waals surface area contributed by atoms with Gasteiger partial charge in [0.05, 0.1) is 57.2 Å². The summed E-state index contributed by atoms with van der Waals surface area (Å²) in [6.45, 7) is 0. The van der Waals surface area contributed by atoms with Crippen molar-refractivity contribution in [1.29, 1.82) is 0 Å². The molecule has 0 spiro atoms. The highest BCUT2D eigenvalue weighted by Gasteiger charge is 2.19. The van der Waals surface area contributed by atoms with Crippen molar-refractivity contribution >= 4 is 54.4 Å². The average molecular weight is 690 g/mol. The van der Waals surface area contributed by atoms with Crippen molar-refractivity contribution in [2.45, 2.75) is 0 Å². The van der Waals surface area contributed by atoms with Crippen LogP contribution < -0.4 is 0 Å². The topological polar surface area (TPSA) is 48.5 Å². The maximum Gasteiger partial charge on any atom is 0.159 e. The summed E-state index contributed by atoms with van der Waals surface area (Å²) in [5.41, 5.74) is 11.6. The predicted octanol–water partition coefficient (Wildman–Crippen LogP) is 12.2. The number of hydrogen-bond donors (Lipinski definition) is 0. The fourth-order valence-electron chi connectivity index (χ4n) is 8.07. The van der Waals surface area contributed by atoms with Gasteiger partial charge in [0.15, 0.2) is 5.82 Å². The van der Waals surface area contributed by atoms with E-state index in [-0.39, 0.29) is 0 Å². The third kappa shape index (κ3) is 4.83. The highest BCUT2D eigenvalue weighted by atomic mass is 15.0. The molecule has 54 heavy (non-hydrogen) atoms. The first-order valence-electron chi connectivity index (χ1n) is 18.2. The van der Waals surface area contributed by atoms with Crippen LogP contribution in [0.25, 0.3) is 99.7 Å². The molecule has 0 radical (unpaired) electrons. The van der Waals surface area contributed by atoms with Gasteiger partial charge in [-0.05, 0) is 59.3 Å². The van der Waals surface area contributed by atoms with Crippen molar-refractivity contribution in [2.24, 2.45) is 0 Å². The summed E-state index contributed by atoms with van der Waals surface area (Å²) in [5, 5.41) is 7.18. The molecule has 11 rings (SSSR count). The van der Waals surface area contributed by atoms with E-state index < -0.39 is 0 Å². The van der Waals surface area contributed by atoms with Gasteiger partial charge in [-0.3, -0.25) is 0 Å². The molecule has 0 N–H and O–H groups in total. The van der Waals surface area contributed by atoms with Gasteiger partial charge in [0, 0.05) is 38.2 Å². The minimum Gasteiger partial charge on any atom is -0.309 e. The lowest BCUT2D eigenvalue weighted by Crippen LogP contribution is -1.98. The molecule has 0 bridgehead atoms. The molecule has 4 aromatic heterocycles. The molecule has 252 valence electrons. The van der Waals surface area contributed by atoms with E-state index >= 15 is 0 Å². The van der Waals surface area contributed by atoms with Gasteiger partial charge in [-0.25, -0.2) is 15.0 Å². The lowest BCUT2D eigenvalue weighted by molar-refractivity contribution is 1.08. The standard InChI is InChI=1S/C49H31N5/c1-4-14-32(15-5-1)43-28-37(29-44(52-43)33-16-6-2-7-17-33)53-45-22-12-10-20-39(45)41-24-35-25-42-40-21-11-13-23-46(40)54(48(42)27-36(35)26-47(41)53)38-30-50-49(51-31-38)34-18-8-3-9-19-34/h1-31H. The first kappa shape index (κ1) is 30.3. The van der Waals surface area contributed by atoms with Crippen molar-refractivity contribution in [2.75, 3.05) is 0 Å². The van der Waals surface area contributed by atoms with Crippen LogP contribution in [0.15, 0.2) is 188 Å². The lowest BCUT2D eigenvalue weighted by Gasteiger charge is -2.13. The molecular formula is C49H31N5. The first-order valence-corrected chi connectivity index (χ1v) is 18.2. The number of rotatable bonds is 5. The quantitative estimate of drug-likeness (QED) is 0.181. The van der Waals surface area contributed by atoms with E-state index in [1.54, 1.807) is 0 Å². The first-order chi connectivity index (χ1) is 26.8. The SMILES string of the molecule is c1ccc(-c2cc(-n3c4ccccc4c4cc5cc6c7ccccc7n(-c7cnc(-c8ccccc8)nc7)c6cc5cc43)cc(-c3ccccc3)n2)cc1. The minimum absolute atomic E-state index is 0.711. The van der Waals surface area contributed by atoms with Gasteiger partial charge in [-0.15, -0.1) is 0 Å². The molecule has 0 amide bonds. The van der Waals surface area contributed by atoms with Crippen molar-refractivity contribution < 1.29 is 0 Å². The molecule has 5 nitrogen and oxygen atoms in total. The average Bonchev–Trinajstić information content (AvgIpc) is 3.74. The van der Waals surface area contributed by atoms with E-state index in [9.17, 15) is 0 Å². The molecule has 0 aliphatic heterocycles. The Morgan fingerprint density at radius 1 is 0.333 bits per heavy atom. The van der Waals surface area contributed by atoms with Crippen LogP contribution in [0, 0.1) is 0 Å². The maximum absolute atomic E-state index is 5.18. The zero-order valence-electron chi connectivity index (χ0n) is 29.1. The summed E-state index contributed by atoms with van der Waals surface area (Å²) in [5.74, 6) is 0.711. The molecule has 0 saturated carbocycles. The van der Waals surface area contributed by atoms with Gasteiger partial charge in [0.1, 0.15) is 0 Å². The highest BCUT2D eigenvalue weighted by Crippen LogP contribution is 2.40. The summed E-state index contributed by atoms with van der Waals surface area (Å²) < 4.78 is 4.69. The fourth-order valence-corrected chi connectivity index (χ4v) is 8.07. The Hall–Kier alpha value is -7.37. The Balaban J connectivity index is 1.17. The fraction of sp³-hybridized carbons (Fsp3) is 0. The lowest BCUT2D eigenvalue weighted by atomic mass is 10.0.